The number of nitrogens with two attached hydrogens (primary N) is 1. The van der Waals surface area contributed by atoms with Crippen LogP contribution in [0.5, 0.6) is 0 Å². The maximum Gasteiger partial charge on any atom is 0.132 e. The highest BCUT2D eigenvalue weighted by Gasteiger charge is 2.00. The van der Waals surface area contributed by atoms with Gasteiger partial charge in [0.1, 0.15) is 5.15 Å². The van der Waals surface area contributed by atoms with Crippen LogP contribution in [0.4, 0.5) is 0 Å². The fourth-order valence-corrected chi connectivity index (χ4v) is 1.20. The van der Waals surface area contributed by atoms with Crippen molar-refractivity contribution < 1.29 is 4.84 Å². The lowest BCUT2D eigenvalue weighted by molar-refractivity contribution is 0.141. The molecule has 0 radical (unpaired) electrons. The normalized spacial score (nSPS) is 10.2. The molecule has 2 N–H and O–H groups in total. The number of aryl methyl sites for hydroxylation is 1. The first-order chi connectivity index (χ1) is 5.74. The first kappa shape index (κ1) is 9.45. The molecule has 4 heteroatoms. The highest BCUT2D eigenvalue weighted by atomic mass is 35.5. The summed E-state index contributed by atoms with van der Waals surface area (Å²) in [5.74, 6) is 4.89. The summed E-state index contributed by atoms with van der Waals surface area (Å²) in [5.41, 5.74) is 1.88. The smallest absolute Gasteiger partial charge is 0.132 e. The van der Waals surface area contributed by atoms with E-state index >= 15 is 0 Å². The summed E-state index contributed by atoms with van der Waals surface area (Å²) in [6, 6.07) is 3.85. The highest BCUT2D eigenvalue weighted by molar-refractivity contribution is 6.30. The number of hydrogen-bond donors (Lipinski definition) is 1. The van der Waals surface area contributed by atoms with Crippen LogP contribution in [-0.4, -0.2) is 11.6 Å². The zero-order valence-electron chi connectivity index (χ0n) is 6.88. The van der Waals surface area contributed by atoms with Crippen molar-refractivity contribution >= 4 is 11.6 Å². The third kappa shape index (κ3) is 2.44. The summed E-state index contributed by atoms with van der Waals surface area (Å²) in [5, 5.41) is 0.534. The van der Waals surface area contributed by atoms with Gasteiger partial charge in [0.25, 0.3) is 0 Å². The third-order valence-corrected chi connectivity index (χ3v) is 1.88. The molecule has 1 aromatic heterocycles. The summed E-state index contributed by atoms with van der Waals surface area (Å²) in [6.45, 7) is 2.36. The van der Waals surface area contributed by atoms with E-state index in [0.717, 1.165) is 11.3 Å². The lowest BCUT2D eigenvalue weighted by Gasteiger charge is -2.02. The van der Waals surface area contributed by atoms with Crippen molar-refractivity contribution in [1.29, 1.82) is 0 Å². The van der Waals surface area contributed by atoms with Crippen LogP contribution in [-0.2, 0) is 11.3 Å². The van der Waals surface area contributed by atoms with Crippen molar-refractivity contribution in [2.45, 2.75) is 13.3 Å². The first-order valence-corrected chi connectivity index (χ1v) is 4.05. The number of rotatable bonds is 3. The van der Waals surface area contributed by atoms with Crippen LogP contribution in [0.1, 0.15) is 11.3 Å². The van der Waals surface area contributed by atoms with Gasteiger partial charge in [0, 0.05) is 12.1 Å². The molecule has 0 aliphatic rings. The highest BCUT2D eigenvalue weighted by Crippen LogP contribution is 2.13. The van der Waals surface area contributed by atoms with Crippen LogP contribution in [0.3, 0.4) is 0 Å². The van der Waals surface area contributed by atoms with E-state index in [4.69, 9.17) is 17.5 Å². The van der Waals surface area contributed by atoms with Gasteiger partial charge in [0.15, 0.2) is 0 Å². The maximum atomic E-state index is 5.86. The molecular weight excluding hydrogens is 176 g/mol. The third-order valence-electron chi connectivity index (χ3n) is 1.55. The van der Waals surface area contributed by atoms with E-state index in [1.54, 1.807) is 0 Å². The minimum atomic E-state index is 0.463. The van der Waals surface area contributed by atoms with E-state index in [-0.39, 0.29) is 0 Å². The molecule has 1 rings (SSSR count). The molecule has 0 fully saturated rings. The molecule has 0 unspecified atom stereocenters. The Bertz CT molecular complexity index is 265. The van der Waals surface area contributed by atoms with Gasteiger partial charge in [0.05, 0.1) is 6.61 Å². The van der Waals surface area contributed by atoms with Crippen molar-refractivity contribution in [3.63, 3.8) is 0 Å². The standard InChI is InChI=1S/C8H11ClN2O/c1-6-2-3-7(4-5-12-10)8(9)11-6/h2-3H,4-5,10H2,1H3. The predicted octanol–water partition coefficient (Wildman–Crippen LogP) is 1.48. The number of hydrogen-bond acceptors (Lipinski definition) is 3. The Hall–Kier alpha value is -0.640. The van der Waals surface area contributed by atoms with Crippen LogP contribution in [0.15, 0.2) is 12.1 Å². The van der Waals surface area contributed by atoms with Gasteiger partial charge >= 0.3 is 0 Å². The Morgan fingerprint density at radius 2 is 2.33 bits per heavy atom. The van der Waals surface area contributed by atoms with Gasteiger partial charge in [0.2, 0.25) is 0 Å². The minimum Gasteiger partial charge on any atom is -0.304 e. The maximum absolute atomic E-state index is 5.86. The Labute approximate surface area is 76.5 Å². The lowest BCUT2D eigenvalue weighted by Crippen LogP contribution is -2.04. The number of aromatic nitrogens is 1. The van der Waals surface area contributed by atoms with Crippen LogP contribution in [0.2, 0.25) is 5.15 Å². The van der Waals surface area contributed by atoms with E-state index in [9.17, 15) is 0 Å². The topological polar surface area (TPSA) is 48.1 Å². The van der Waals surface area contributed by atoms with Crippen molar-refractivity contribution in [3.05, 3.63) is 28.5 Å². The van der Waals surface area contributed by atoms with E-state index in [1.807, 2.05) is 19.1 Å². The molecule has 0 aliphatic carbocycles. The van der Waals surface area contributed by atoms with Crippen LogP contribution in [0.25, 0.3) is 0 Å². The molecule has 12 heavy (non-hydrogen) atoms. The quantitative estimate of drug-likeness (QED) is 0.575. The molecular formula is C8H11ClN2O. The summed E-state index contributed by atoms with van der Waals surface area (Å²) in [7, 11) is 0. The van der Waals surface area contributed by atoms with Crippen LogP contribution < -0.4 is 5.90 Å². The number of halogens is 1. The van der Waals surface area contributed by atoms with E-state index < -0.39 is 0 Å². The molecule has 66 valence electrons. The second kappa shape index (κ2) is 4.40. The summed E-state index contributed by atoms with van der Waals surface area (Å²) in [4.78, 5) is 8.54. The van der Waals surface area contributed by atoms with E-state index in [2.05, 4.69) is 9.82 Å². The van der Waals surface area contributed by atoms with Gasteiger partial charge in [-0.3, -0.25) is 0 Å². The largest absolute Gasteiger partial charge is 0.304 e. The van der Waals surface area contributed by atoms with Crippen molar-refractivity contribution in [3.8, 4) is 0 Å². The molecule has 0 spiro atoms. The predicted molar refractivity (Wildman–Crippen MR) is 47.8 cm³/mol. The first-order valence-electron chi connectivity index (χ1n) is 3.67. The van der Waals surface area contributed by atoms with Crippen molar-refractivity contribution in [1.82, 2.24) is 4.98 Å². The zero-order chi connectivity index (χ0) is 8.97. The van der Waals surface area contributed by atoms with Crippen molar-refractivity contribution in [2.24, 2.45) is 5.90 Å². The monoisotopic (exact) mass is 186 g/mol. The van der Waals surface area contributed by atoms with Gasteiger partial charge in [-0.15, -0.1) is 0 Å². The van der Waals surface area contributed by atoms with Gasteiger partial charge in [-0.25, -0.2) is 10.9 Å². The van der Waals surface area contributed by atoms with Crippen LogP contribution in [0, 0.1) is 6.92 Å². The second-order valence-corrected chi connectivity index (χ2v) is 2.88. The Balaban J connectivity index is 2.72. The number of nitrogens with zero attached hydrogens (tertiary/aromatic N) is 1. The van der Waals surface area contributed by atoms with Crippen LogP contribution >= 0.6 is 11.6 Å². The molecule has 0 aromatic carbocycles. The summed E-state index contributed by atoms with van der Waals surface area (Å²) in [6.07, 6.45) is 0.697. The van der Waals surface area contributed by atoms with Gasteiger partial charge in [-0.05, 0) is 18.6 Å². The van der Waals surface area contributed by atoms with Gasteiger partial charge in [-0.2, -0.15) is 0 Å². The van der Waals surface area contributed by atoms with Gasteiger partial charge < -0.3 is 4.84 Å². The SMILES string of the molecule is Cc1ccc(CCON)c(Cl)n1. The Morgan fingerprint density at radius 3 is 2.92 bits per heavy atom. The van der Waals surface area contributed by atoms with E-state index in [0.29, 0.717) is 18.2 Å². The summed E-state index contributed by atoms with van der Waals surface area (Å²) >= 11 is 5.86. The molecule has 1 heterocycles. The molecule has 0 saturated heterocycles. The average Bonchev–Trinajstić information content (AvgIpc) is 2.03. The van der Waals surface area contributed by atoms with Gasteiger partial charge in [-0.1, -0.05) is 17.7 Å². The Morgan fingerprint density at radius 1 is 1.58 bits per heavy atom. The molecule has 0 amide bonds. The summed E-state index contributed by atoms with van der Waals surface area (Å²) < 4.78 is 0. The lowest BCUT2D eigenvalue weighted by atomic mass is 10.2. The molecule has 1 aromatic rings. The molecule has 0 aliphatic heterocycles. The molecule has 0 atom stereocenters. The number of pyridine rings is 1. The second-order valence-electron chi connectivity index (χ2n) is 2.52. The van der Waals surface area contributed by atoms with E-state index in [1.165, 1.54) is 0 Å². The fraction of sp³-hybridized carbons (Fsp3) is 0.375. The Kier molecular flexibility index (Phi) is 3.47. The molecule has 3 nitrogen and oxygen atoms in total. The zero-order valence-corrected chi connectivity index (χ0v) is 7.64. The average molecular weight is 187 g/mol. The molecule has 0 saturated carbocycles. The fourth-order valence-electron chi connectivity index (χ4n) is 0.909. The minimum absolute atomic E-state index is 0.463. The van der Waals surface area contributed by atoms with Crippen molar-refractivity contribution in [2.75, 3.05) is 6.61 Å². The molecule has 0 bridgehead atoms.